The highest BCUT2D eigenvalue weighted by Gasteiger charge is 2.17. The normalized spacial score (nSPS) is 11.7. The quantitative estimate of drug-likeness (QED) is 0.876. The molecular formula is C14H18N2O. The first-order chi connectivity index (χ1) is 8.03. The SMILES string of the molecule is CCC(C)(C)c1ccc(-c2cc(N)on2)cc1. The summed E-state index contributed by atoms with van der Waals surface area (Å²) in [5.74, 6) is 0.345. The standard InChI is InChI=1S/C14H18N2O/c1-4-14(2,3)11-7-5-10(6-8-11)12-9-13(15)17-16-12/h5-9H,4,15H2,1-3H3. The Kier molecular flexibility index (Phi) is 2.92. The van der Waals surface area contributed by atoms with Crippen LogP contribution in [0.2, 0.25) is 0 Å². The lowest BCUT2D eigenvalue weighted by Crippen LogP contribution is -2.14. The minimum absolute atomic E-state index is 0.210. The summed E-state index contributed by atoms with van der Waals surface area (Å²) in [4.78, 5) is 0. The Hall–Kier alpha value is -1.77. The Morgan fingerprint density at radius 2 is 1.88 bits per heavy atom. The molecule has 0 saturated carbocycles. The van der Waals surface area contributed by atoms with Crippen LogP contribution in [0.5, 0.6) is 0 Å². The Morgan fingerprint density at radius 1 is 1.24 bits per heavy atom. The molecular weight excluding hydrogens is 212 g/mol. The molecule has 1 aromatic heterocycles. The molecule has 0 aliphatic heterocycles. The third-order valence-electron chi connectivity index (χ3n) is 3.37. The molecule has 0 fully saturated rings. The van der Waals surface area contributed by atoms with Crippen molar-refractivity contribution >= 4 is 5.88 Å². The molecule has 0 atom stereocenters. The third-order valence-corrected chi connectivity index (χ3v) is 3.37. The van der Waals surface area contributed by atoms with Crippen LogP contribution in [0.4, 0.5) is 5.88 Å². The molecule has 0 unspecified atom stereocenters. The predicted octanol–water partition coefficient (Wildman–Crippen LogP) is 3.61. The van der Waals surface area contributed by atoms with Crippen LogP contribution >= 0.6 is 0 Å². The average Bonchev–Trinajstić information content (AvgIpc) is 2.76. The summed E-state index contributed by atoms with van der Waals surface area (Å²) >= 11 is 0. The van der Waals surface area contributed by atoms with Gasteiger partial charge < -0.3 is 10.3 Å². The van der Waals surface area contributed by atoms with E-state index >= 15 is 0 Å². The fourth-order valence-corrected chi connectivity index (χ4v) is 1.72. The van der Waals surface area contributed by atoms with Crippen molar-refractivity contribution in [3.63, 3.8) is 0 Å². The minimum Gasteiger partial charge on any atom is -0.368 e. The summed E-state index contributed by atoms with van der Waals surface area (Å²) in [7, 11) is 0. The zero-order valence-electron chi connectivity index (χ0n) is 10.5. The lowest BCUT2D eigenvalue weighted by atomic mass is 9.82. The van der Waals surface area contributed by atoms with Crippen LogP contribution in [0.3, 0.4) is 0 Å². The van der Waals surface area contributed by atoms with Gasteiger partial charge in [-0.2, -0.15) is 0 Å². The fourth-order valence-electron chi connectivity index (χ4n) is 1.72. The van der Waals surface area contributed by atoms with Gasteiger partial charge in [0.25, 0.3) is 0 Å². The van der Waals surface area contributed by atoms with Gasteiger partial charge in [-0.25, -0.2) is 0 Å². The van der Waals surface area contributed by atoms with Gasteiger partial charge in [-0.1, -0.05) is 50.2 Å². The number of anilines is 1. The van der Waals surface area contributed by atoms with E-state index in [1.807, 2.05) is 0 Å². The number of rotatable bonds is 3. The number of nitrogen functional groups attached to an aromatic ring is 1. The van der Waals surface area contributed by atoms with Crippen LogP contribution in [-0.4, -0.2) is 5.16 Å². The van der Waals surface area contributed by atoms with E-state index in [1.54, 1.807) is 6.07 Å². The number of benzene rings is 1. The van der Waals surface area contributed by atoms with Gasteiger partial charge in [0.15, 0.2) is 0 Å². The Bertz CT molecular complexity index is 497. The summed E-state index contributed by atoms with van der Waals surface area (Å²) in [6.45, 7) is 6.69. The molecule has 90 valence electrons. The van der Waals surface area contributed by atoms with Gasteiger partial charge in [-0.15, -0.1) is 0 Å². The van der Waals surface area contributed by atoms with E-state index in [2.05, 4.69) is 50.2 Å². The molecule has 3 nitrogen and oxygen atoms in total. The summed E-state index contributed by atoms with van der Waals surface area (Å²) in [6, 6.07) is 10.1. The Balaban J connectivity index is 2.30. The van der Waals surface area contributed by atoms with Gasteiger partial charge in [-0.3, -0.25) is 0 Å². The predicted molar refractivity (Wildman–Crippen MR) is 69.7 cm³/mol. The van der Waals surface area contributed by atoms with Gasteiger partial charge in [0.2, 0.25) is 5.88 Å². The van der Waals surface area contributed by atoms with Crippen molar-refractivity contribution in [1.82, 2.24) is 5.16 Å². The van der Waals surface area contributed by atoms with Crippen molar-refractivity contribution in [3.05, 3.63) is 35.9 Å². The van der Waals surface area contributed by atoms with Crippen LogP contribution in [0, 0.1) is 0 Å². The van der Waals surface area contributed by atoms with Gasteiger partial charge in [-0.05, 0) is 17.4 Å². The molecule has 2 aromatic rings. The maximum atomic E-state index is 5.51. The summed E-state index contributed by atoms with van der Waals surface area (Å²) in [6.07, 6.45) is 1.11. The van der Waals surface area contributed by atoms with E-state index < -0.39 is 0 Å². The molecule has 0 spiro atoms. The summed E-state index contributed by atoms with van der Waals surface area (Å²) < 4.78 is 4.87. The number of nitrogens with two attached hydrogens (primary N) is 1. The maximum absolute atomic E-state index is 5.51. The molecule has 1 heterocycles. The minimum atomic E-state index is 0.210. The first-order valence-corrected chi connectivity index (χ1v) is 5.86. The molecule has 0 aliphatic carbocycles. The highest BCUT2D eigenvalue weighted by atomic mass is 16.5. The molecule has 17 heavy (non-hydrogen) atoms. The van der Waals surface area contributed by atoms with Crippen molar-refractivity contribution in [2.45, 2.75) is 32.6 Å². The second-order valence-corrected chi connectivity index (χ2v) is 4.93. The van der Waals surface area contributed by atoms with Crippen LogP contribution in [0.25, 0.3) is 11.3 Å². The van der Waals surface area contributed by atoms with Gasteiger partial charge in [0, 0.05) is 11.6 Å². The molecule has 0 saturated heterocycles. The lowest BCUT2D eigenvalue weighted by molar-refractivity contribution is 0.439. The van der Waals surface area contributed by atoms with E-state index in [0.29, 0.717) is 5.88 Å². The van der Waals surface area contributed by atoms with E-state index in [9.17, 15) is 0 Å². The molecule has 1 aromatic carbocycles. The van der Waals surface area contributed by atoms with Crippen molar-refractivity contribution in [2.75, 3.05) is 5.73 Å². The molecule has 2 N–H and O–H groups in total. The fraction of sp³-hybridized carbons (Fsp3) is 0.357. The highest BCUT2D eigenvalue weighted by Crippen LogP contribution is 2.29. The van der Waals surface area contributed by atoms with Crippen LogP contribution in [0.15, 0.2) is 34.9 Å². The number of nitrogens with zero attached hydrogens (tertiary/aromatic N) is 1. The molecule has 0 aliphatic rings. The number of hydrogen-bond donors (Lipinski definition) is 1. The summed E-state index contributed by atoms with van der Waals surface area (Å²) in [5.41, 5.74) is 8.86. The van der Waals surface area contributed by atoms with Gasteiger partial charge >= 0.3 is 0 Å². The van der Waals surface area contributed by atoms with Crippen molar-refractivity contribution in [1.29, 1.82) is 0 Å². The second-order valence-electron chi connectivity index (χ2n) is 4.93. The number of hydrogen-bond acceptors (Lipinski definition) is 3. The topological polar surface area (TPSA) is 52.0 Å². The maximum Gasteiger partial charge on any atom is 0.222 e. The molecule has 0 amide bonds. The second kappa shape index (κ2) is 4.24. The summed E-state index contributed by atoms with van der Waals surface area (Å²) in [5, 5.41) is 3.90. The largest absolute Gasteiger partial charge is 0.368 e. The van der Waals surface area contributed by atoms with Crippen molar-refractivity contribution in [2.24, 2.45) is 0 Å². The third kappa shape index (κ3) is 2.33. The van der Waals surface area contributed by atoms with Gasteiger partial charge in [0.05, 0.1) is 0 Å². The first kappa shape index (κ1) is 11.7. The van der Waals surface area contributed by atoms with Crippen molar-refractivity contribution in [3.8, 4) is 11.3 Å². The average molecular weight is 230 g/mol. The smallest absolute Gasteiger partial charge is 0.222 e. The molecule has 2 rings (SSSR count). The lowest BCUT2D eigenvalue weighted by Gasteiger charge is -2.23. The molecule has 3 heteroatoms. The zero-order valence-corrected chi connectivity index (χ0v) is 10.5. The van der Waals surface area contributed by atoms with E-state index in [0.717, 1.165) is 17.7 Å². The monoisotopic (exact) mass is 230 g/mol. The highest BCUT2D eigenvalue weighted by molar-refractivity contribution is 5.61. The van der Waals surface area contributed by atoms with Crippen LogP contribution < -0.4 is 5.73 Å². The van der Waals surface area contributed by atoms with E-state index in [-0.39, 0.29) is 5.41 Å². The van der Waals surface area contributed by atoms with E-state index in [4.69, 9.17) is 10.3 Å². The van der Waals surface area contributed by atoms with Crippen LogP contribution in [0.1, 0.15) is 32.8 Å². The zero-order chi connectivity index (χ0) is 12.5. The van der Waals surface area contributed by atoms with E-state index in [1.165, 1.54) is 5.56 Å². The Labute approximate surface area is 102 Å². The van der Waals surface area contributed by atoms with Crippen molar-refractivity contribution < 1.29 is 4.52 Å². The Morgan fingerprint density at radius 3 is 2.35 bits per heavy atom. The number of aromatic nitrogens is 1. The molecule has 0 bridgehead atoms. The van der Waals surface area contributed by atoms with Crippen LogP contribution in [-0.2, 0) is 5.41 Å². The van der Waals surface area contributed by atoms with Gasteiger partial charge in [0.1, 0.15) is 5.69 Å². The molecule has 0 radical (unpaired) electrons. The first-order valence-electron chi connectivity index (χ1n) is 5.86.